The monoisotopic (exact) mass is 247 g/mol. The molecule has 0 saturated heterocycles. The topological polar surface area (TPSA) is 39.2 Å². The average molecular weight is 247 g/mol. The zero-order chi connectivity index (χ0) is 13.1. The molecular weight excluding hydrogens is 235 g/mol. The quantitative estimate of drug-likeness (QED) is 0.771. The minimum atomic E-state index is -4.50. The number of aryl methyl sites for hydroxylation is 1. The second-order valence-electron chi connectivity index (χ2n) is 3.43. The number of nitrogens with zero attached hydrogens (tertiary/aromatic N) is 1. The van der Waals surface area contributed by atoms with Crippen molar-refractivity contribution in [2.45, 2.75) is 25.9 Å². The Labute approximate surface area is 96.6 Å². The van der Waals surface area contributed by atoms with Gasteiger partial charge in [0.25, 0.3) is 0 Å². The number of halogens is 3. The largest absolute Gasteiger partial charge is 0.465 e. The van der Waals surface area contributed by atoms with Gasteiger partial charge < -0.3 is 4.74 Å². The molecule has 3 nitrogen and oxygen atoms in total. The lowest BCUT2D eigenvalue weighted by Crippen LogP contribution is -2.14. The molecule has 0 unspecified atom stereocenters. The molecule has 0 aliphatic carbocycles. The van der Waals surface area contributed by atoms with E-state index in [0.29, 0.717) is 12.8 Å². The Bertz CT molecular complexity index is 416. The summed E-state index contributed by atoms with van der Waals surface area (Å²) in [4.78, 5) is 14.8. The number of rotatable bonds is 3. The first-order valence-corrected chi connectivity index (χ1v) is 5.05. The number of aromatic nitrogens is 1. The van der Waals surface area contributed by atoms with Crippen LogP contribution in [0.5, 0.6) is 0 Å². The summed E-state index contributed by atoms with van der Waals surface area (Å²) in [6.45, 7) is 1.79. The SMILES string of the molecule is CCCc1nc(C(F)(F)F)ccc1C(=O)OC. The van der Waals surface area contributed by atoms with Crippen molar-refractivity contribution in [3.63, 3.8) is 0 Å². The molecule has 0 aliphatic rings. The highest BCUT2D eigenvalue weighted by atomic mass is 19.4. The van der Waals surface area contributed by atoms with Gasteiger partial charge in [-0.25, -0.2) is 9.78 Å². The maximum Gasteiger partial charge on any atom is 0.433 e. The van der Waals surface area contributed by atoms with E-state index in [9.17, 15) is 18.0 Å². The number of alkyl halides is 3. The molecule has 0 saturated carbocycles. The zero-order valence-electron chi connectivity index (χ0n) is 9.47. The van der Waals surface area contributed by atoms with Gasteiger partial charge >= 0.3 is 12.1 Å². The van der Waals surface area contributed by atoms with Crippen LogP contribution in [0.4, 0.5) is 13.2 Å². The highest BCUT2D eigenvalue weighted by molar-refractivity contribution is 5.90. The van der Waals surface area contributed by atoms with Crippen LogP contribution < -0.4 is 0 Å². The van der Waals surface area contributed by atoms with Crippen molar-refractivity contribution in [1.29, 1.82) is 0 Å². The molecule has 0 spiro atoms. The first-order chi connectivity index (χ1) is 7.90. The average Bonchev–Trinajstić information content (AvgIpc) is 2.27. The van der Waals surface area contributed by atoms with E-state index >= 15 is 0 Å². The molecule has 0 aromatic carbocycles. The molecule has 0 aliphatic heterocycles. The molecule has 0 amide bonds. The Morgan fingerprint density at radius 2 is 2.06 bits per heavy atom. The van der Waals surface area contributed by atoms with E-state index in [4.69, 9.17) is 0 Å². The van der Waals surface area contributed by atoms with Crippen LogP contribution in [0.1, 0.15) is 35.1 Å². The minimum absolute atomic E-state index is 0.0855. The number of esters is 1. The van der Waals surface area contributed by atoms with E-state index in [-0.39, 0.29) is 11.3 Å². The summed E-state index contributed by atoms with van der Waals surface area (Å²) in [5, 5.41) is 0. The van der Waals surface area contributed by atoms with Crippen molar-refractivity contribution in [3.8, 4) is 0 Å². The third-order valence-electron chi connectivity index (χ3n) is 2.16. The molecular formula is C11H12F3NO2. The highest BCUT2D eigenvalue weighted by Gasteiger charge is 2.33. The van der Waals surface area contributed by atoms with E-state index in [2.05, 4.69) is 9.72 Å². The normalized spacial score (nSPS) is 11.4. The maximum absolute atomic E-state index is 12.4. The lowest BCUT2D eigenvalue weighted by Gasteiger charge is -2.10. The molecule has 1 rings (SSSR count). The van der Waals surface area contributed by atoms with Crippen molar-refractivity contribution in [2.24, 2.45) is 0 Å². The molecule has 1 aromatic rings. The Hall–Kier alpha value is -1.59. The van der Waals surface area contributed by atoms with Crippen molar-refractivity contribution in [2.75, 3.05) is 7.11 Å². The van der Waals surface area contributed by atoms with E-state index in [1.54, 1.807) is 6.92 Å². The number of carbonyl (C=O) groups is 1. The molecule has 0 atom stereocenters. The van der Waals surface area contributed by atoms with Crippen LogP contribution >= 0.6 is 0 Å². The maximum atomic E-state index is 12.4. The summed E-state index contributed by atoms with van der Waals surface area (Å²) in [7, 11) is 1.18. The number of hydrogen-bond acceptors (Lipinski definition) is 3. The first-order valence-electron chi connectivity index (χ1n) is 5.05. The van der Waals surface area contributed by atoms with Crippen LogP contribution in [-0.4, -0.2) is 18.1 Å². The molecule has 6 heteroatoms. The van der Waals surface area contributed by atoms with Crippen LogP contribution in [-0.2, 0) is 17.3 Å². The number of pyridine rings is 1. The summed E-state index contributed by atoms with van der Waals surface area (Å²) >= 11 is 0. The van der Waals surface area contributed by atoms with Gasteiger partial charge in [-0.15, -0.1) is 0 Å². The highest BCUT2D eigenvalue weighted by Crippen LogP contribution is 2.28. The standard InChI is InChI=1S/C11H12F3NO2/c1-3-4-8-7(10(16)17-2)5-6-9(15-8)11(12,13)14/h5-6H,3-4H2,1-2H3. The zero-order valence-corrected chi connectivity index (χ0v) is 9.47. The van der Waals surface area contributed by atoms with Crippen LogP contribution in [0.2, 0.25) is 0 Å². The number of carbonyl (C=O) groups excluding carboxylic acids is 1. The Morgan fingerprint density at radius 1 is 1.41 bits per heavy atom. The second kappa shape index (κ2) is 5.16. The molecule has 0 N–H and O–H groups in total. The summed E-state index contributed by atoms with van der Waals surface area (Å²) in [6, 6.07) is 1.89. The third kappa shape index (κ3) is 3.18. The summed E-state index contributed by atoms with van der Waals surface area (Å²) in [5.41, 5.74) is -0.787. The van der Waals surface area contributed by atoms with Crippen molar-refractivity contribution >= 4 is 5.97 Å². The fraction of sp³-hybridized carbons (Fsp3) is 0.455. The Balaban J connectivity index is 3.21. The van der Waals surface area contributed by atoms with E-state index in [1.807, 2.05) is 0 Å². The van der Waals surface area contributed by atoms with Crippen LogP contribution in [0.3, 0.4) is 0 Å². The van der Waals surface area contributed by atoms with Gasteiger partial charge in [-0.05, 0) is 18.6 Å². The van der Waals surface area contributed by atoms with Gasteiger partial charge in [-0.1, -0.05) is 13.3 Å². The predicted octanol–water partition coefficient (Wildman–Crippen LogP) is 2.84. The number of ether oxygens (including phenoxy) is 1. The third-order valence-corrected chi connectivity index (χ3v) is 2.16. The van der Waals surface area contributed by atoms with Crippen LogP contribution in [0, 0.1) is 0 Å². The van der Waals surface area contributed by atoms with Crippen LogP contribution in [0.15, 0.2) is 12.1 Å². The van der Waals surface area contributed by atoms with Gasteiger partial charge in [-0.2, -0.15) is 13.2 Å². The fourth-order valence-electron chi connectivity index (χ4n) is 1.38. The van der Waals surface area contributed by atoms with E-state index in [1.165, 1.54) is 7.11 Å². The molecule has 94 valence electrons. The lowest BCUT2D eigenvalue weighted by atomic mass is 10.1. The lowest BCUT2D eigenvalue weighted by molar-refractivity contribution is -0.141. The van der Waals surface area contributed by atoms with Gasteiger partial charge in [0.1, 0.15) is 5.69 Å². The second-order valence-corrected chi connectivity index (χ2v) is 3.43. The van der Waals surface area contributed by atoms with Gasteiger partial charge in [0.2, 0.25) is 0 Å². The van der Waals surface area contributed by atoms with Gasteiger partial charge in [-0.3, -0.25) is 0 Å². The molecule has 0 bridgehead atoms. The van der Waals surface area contributed by atoms with Gasteiger partial charge in [0.15, 0.2) is 0 Å². The first kappa shape index (κ1) is 13.5. The summed E-state index contributed by atoms with van der Waals surface area (Å²) < 4.78 is 41.8. The fourth-order valence-corrected chi connectivity index (χ4v) is 1.38. The number of methoxy groups -OCH3 is 1. The summed E-state index contributed by atoms with van der Waals surface area (Å²) in [5.74, 6) is -0.672. The van der Waals surface area contributed by atoms with Crippen LogP contribution in [0.25, 0.3) is 0 Å². The Kier molecular flexibility index (Phi) is 4.09. The molecule has 17 heavy (non-hydrogen) atoms. The smallest absolute Gasteiger partial charge is 0.433 e. The predicted molar refractivity (Wildman–Crippen MR) is 54.6 cm³/mol. The van der Waals surface area contributed by atoms with Gasteiger partial charge in [0, 0.05) is 0 Å². The molecule has 1 aromatic heterocycles. The molecule has 1 heterocycles. The number of hydrogen-bond donors (Lipinski definition) is 0. The van der Waals surface area contributed by atoms with E-state index in [0.717, 1.165) is 12.1 Å². The molecule has 0 radical (unpaired) electrons. The Morgan fingerprint density at radius 3 is 2.53 bits per heavy atom. The minimum Gasteiger partial charge on any atom is -0.465 e. The van der Waals surface area contributed by atoms with Gasteiger partial charge in [0.05, 0.1) is 18.4 Å². The van der Waals surface area contributed by atoms with E-state index < -0.39 is 17.8 Å². The summed E-state index contributed by atoms with van der Waals surface area (Å²) in [6.07, 6.45) is -3.61. The van der Waals surface area contributed by atoms with Crippen molar-refractivity contribution in [3.05, 3.63) is 29.1 Å². The van der Waals surface area contributed by atoms with Crippen molar-refractivity contribution in [1.82, 2.24) is 4.98 Å². The molecule has 0 fully saturated rings. The van der Waals surface area contributed by atoms with Crippen molar-refractivity contribution < 1.29 is 22.7 Å².